The molecule has 24 heavy (non-hydrogen) atoms. The normalized spacial score (nSPS) is 18.2. The molecule has 0 radical (unpaired) electrons. The minimum atomic E-state index is 0.0749. The van der Waals surface area contributed by atoms with Gasteiger partial charge in [-0.05, 0) is 20.5 Å². The van der Waals surface area contributed by atoms with E-state index in [1.807, 2.05) is 35.7 Å². The Balaban J connectivity index is 1.46. The lowest BCUT2D eigenvalue weighted by molar-refractivity contribution is -0.122. The van der Waals surface area contributed by atoms with Gasteiger partial charge in [-0.15, -0.1) is 11.3 Å². The van der Waals surface area contributed by atoms with Crippen LogP contribution >= 0.6 is 11.3 Å². The molecule has 5 nitrogen and oxygen atoms in total. The molecule has 1 amide bonds. The number of carbonyl (C=O) groups is 1. The van der Waals surface area contributed by atoms with Crippen LogP contribution in [0.4, 0.5) is 0 Å². The first kappa shape index (κ1) is 17.1. The van der Waals surface area contributed by atoms with Crippen LogP contribution in [0, 0.1) is 0 Å². The number of benzene rings is 1. The summed E-state index contributed by atoms with van der Waals surface area (Å²) in [6.45, 7) is 2.93. The third kappa shape index (κ3) is 4.41. The number of amides is 1. The van der Waals surface area contributed by atoms with Crippen LogP contribution in [0.2, 0.25) is 0 Å². The lowest BCUT2D eigenvalue weighted by Gasteiger charge is -2.19. The largest absolute Gasteiger partial charge is 0.348 e. The van der Waals surface area contributed by atoms with Crippen LogP contribution in [0.5, 0.6) is 0 Å². The topological polar surface area (TPSA) is 48.5 Å². The fourth-order valence-corrected chi connectivity index (χ4v) is 3.69. The van der Waals surface area contributed by atoms with E-state index in [0.717, 1.165) is 35.8 Å². The van der Waals surface area contributed by atoms with E-state index < -0.39 is 0 Å². The highest BCUT2D eigenvalue weighted by molar-refractivity contribution is 7.09. The van der Waals surface area contributed by atoms with Crippen molar-refractivity contribution in [3.05, 3.63) is 40.7 Å². The number of nitrogens with zero attached hydrogens (tertiary/aromatic N) is 3. The van der Waals surface area contributed by atoms with Crippen LogP contribution in [0.25, 0.3) is 11.3 Å². The zero-order valence-electron chi connectivity index (χ0n) is 14.2. The summed E-state index contributed by atoms with van der Waals surface area (Å²) in [5.74, 6) is 0.0749. The maximum absolute atomic E-state index is 12.1. The Labute approximate surface area is 147 Å². The fraction of sp³-hybridized carbons (Fsp3) is 0.444. The average Bonchev–Trinajstić information content (AvgIpc) is 3.23. The number of carbonyl (C=O) groups excluding carboxylic acids is 1. The van der Waals surface area contributed by atoms with Crippen LogP contribution in [0.15, 0.2) is 35.7 Å². The van der Waals surface area contributed by atoms with Gasteiger partial charge in [-0.1, -0.05) is 30.3 Å². The van der Waals surface area contributed by atoms with E-state index in [9.17, 15) is 4.79 Å². The van der Waals surface area contributed by atoms with Crippen molar-refractivity contribution >= 4 is 17.2 Å². The highest BCUT2D eigenvalue weighted by Gasteiger charge is 2.25. The van der Waals surface area contributed by atoms with Gasteiger partial charge < -0.3 is 10.2 Å². The van der Waals surface area contributed by atoms with Crippen LogP contribution in [-0.4, -0.2) is 60.5 Å². The van der Waals surface area contributed by atoms with Crippen LogP contribution < -0.4 is 5.32 Å². The third-order valence-corrected chi connectivity index (χ3v) is 5.25. The van der Waals surface area contributed by atoms with Crippen molar-refractivity contribution in [2.75, 3.05) is 33.7 Å². The first-order valence-corrected chi connectivity index (χ1v) is 9.15. The van der Waals surface area contributed by atoms with Gasteiger partial charge in [-0.2, -0.15) is 0 Å². The van der Waals surface area contributed by atoms with Crippen LogP contribution in [0.1, 0.15) is 11.4 Å². The second-order valence-corrected chi connectivity index (χ2v) is 7.35. The summed E-state index contributed by atoms with van der Waals surface area (Å²) in [7, 11) is 4.20. The molecule has 2 heterocycles. The van der Waals surface area contributed by atoms with Crippen molar-refractivity contribution in [2.45, 2.75) is 19.0 Å². The molecule has 1 aromatic heterocycles. The molecule has 1 aromatic carbocycles. The molecule has 1 aliphatic rings. The number of hydrogen-bond donors (Lipinski definition) is 1. The Morgan fingerprint density at radius 2 is 2.17 bits per heavy atom. The number of hydrogen-bond acceptors (Lipinski definition) is 5. The first-order chi connectivity index (χ1) is 11.6. The summed E-state index contributed by atoms with van der Waals surface area (Å²) in [6, 6.07) is 10.7. The van der Waals surface area contributed by atoms with Gasteiger partial charge >= 0.3 is 0 Å². The molecule has 2 aromatic rings. The van der Waals surface area contributed by atoms with Gasteiger partial charge in [0.2, 0.25) is 5.91 Å². The summed E-state index contributed by atoms with van der Waals surface area (Å²) >= 11 is 1.59. The quantitative estimate of drug-likeness (QED) is 0.871. The minimum absolute atomic E-state index is 0.0749. The van der Waals surface area contributed by atoms with Crippen molar-refractivity contribution in [2.24, 2.45) is 0 Å². The molecule has 6 heteroatoms. The number of thiazole rings is 1. The highest BCUT2D eigenvalue weighted by Crippen LogP contribution is 2.21. The molecule has 3 rings (SSSR count). The number of nitrogens with one attached hydrogen (secondary N) is 1. The Morgan fingerprint density at radius 3 is 2.88 bits per heavy atom. The molecule has 0 bridgehead atoms. The van der Waals surface area contributed by atoms with Crippen molar-refractivity contribution in [1.29, 1.82) is 0 Å². The van der Waals surface area contributed by atoms with Gasteiger partial charge in [0.25, 0.3) is 0 Å². The SMILES string of the molecule is CN(C)[C@H]1CCN(CC(=O)NCc2nc(-c3ccccc3)cs2)C1. The second-order valence-electron chi connectivity index (χ2n) is 6.41. The van der Waals surface area contributed by atoms with Crippen LogP contribution in [0.3, 0.4) is 0 Å². The van der Waals surface area contributed by atoms with E-state index in [1.165, 1.54) is 0 Å². The Kier molecular flexibility index (Phi) is 5.60. The smallest absolute Gasteiger partial charge is 0.234 e. The lowest BCUT2D eigenvalue weighted by atomic mass is 10.2. The van der Waals surface area contributed by atoms with Gasteiger partial charge in [0.05, 0.1) is 18.8 Å². The average molecular weight is 344 g/mol. The van der Waals surface area contributed by atoms with E-state index in [4.69, 9.17) is 0 Å². The number of likely N-dealkylation sites (N-methyl/N-ethyl adjacent to an activating group) is 1. The van der Waals surface area contributed by atoms with Gasteiger partial charge in [0.15, 0.2) is 0 Å². The summed E-state index contributed by atoms with van der Waals surface area (Å²) < 4.78 is 0. The Morgan fingerprint density at radius 1 is 1.38 bits per heavy atom. The fourth-order valence-electron chi connectivity index (χ4n) is 2.94. The van der Waals surface area contributed by atoms with E-state index in [1.54, 1.807) is 11.3 Å². The molecule has 128 valence electrons. The zero-order valence-corrected chi connectivity index (χ0v) is 15.1. The molecule has 0 spiro atoms. The van der Waals surface area contributed by atoms with Crippen molar-refractivity contribution < 1.29 is 4.79 Å². The van der Waals surface area contributed by atoms with Crippen molar-refractivity contribution in [3.63, 3.8) is 0 Å². The first-order valence-electron chi connectivity index (χ1n) is 8.27. The maximum Gasteiger partial charge on any atom is 0.234 e. The molecule has 0 aliphatic carbocycles. The third-order valence-electron chi connectivity index (χ3n) is 4.40. The van der Waals surface area contributed by atoms with Gasteiger partial charge in [0.1, 0.15) is 5.01 Å². The molecule has 1 N–H and O–H groups in total. The van der Waals surface area contributed by atoms with E-state index in [0.29, 0.717) is 19.1 Å². The summed E-state index contributed by atoms with van der Waals surface area (Å²) in [5.41, 5.74) is 2.08. The Hall–Kier alpha value is -1.76. The van der Waals surface area contributed by atoms with E-state index in [-0.39, 0.29) is 5.91 Å². The molecule has 1 atom stereocenters. The number of rotatable bonds is 6. The predicted molar refractivity (Wildman–Crippen MR) is 97.9 cm³/mol. The van der Waals surface area contributed by atoms with Crippen LogP contribution in [-0.2, 0) is 11.3 Å². The minimum Gasteiger partial charge on any atom is -0.348 e. The molecular weight excluding hydrogens is 320 g/mol. The second kappa shape index (κ2) is 7.88. The van der Waals surface area contributed by atoms with E-state index in [2.05, 4.69) is 34.2 Å². The lowest BCUT2D eigenvalue weighted by Crippen LogP contribution is -2.38. The van der Waals surface area contributed by atoms with Crippen molar-refractivity contribution in [1.82, 2.24) is 20.1 Å². The predicted octanol–water partition coefficient (Wildman–Crippen LogP) is 2.06. The molecule has 1 aliphatic heterocycles. The standard InChI is InChI=1S/C18H24N4OS/c1-21(2)15-8-9-22(11-15)12-17(23)19-10-18-20-16(13-24-18)14-6-4-3-5-7-14/h3-7,13,15H,8-12H2,1-2H3,(H,19,23)/t15-/m0/s1. The zero-order chi connectivity index (χ0) is 16.9. The summed E-state index contributed by atoms with van der Waals surface area (Å²) in [6.07, 6.45) is 1.13. The number of aromatic nitrogens is 1. The molecular formula is C18H24N4OS. The summed E-state index contributed by atoms with van der Waals surface area (Å²) in [5, 5.41) is 5.97. The Bertz CT molecular complexity index is 671. The molecule has 1 saturated heterocycles. The highest BCUT2D eigenvalue weighted by atomic mass is 32.1. The summed E-state index contributed by atoms with van der Waals surface area (Å²) in [4.78, 5) is 21.2. The van der Waals surface area contributed by atoms with Gasteiger partial charge in [0, 0.05) is 30.1 Å². The maximum atomic E-state index is 12.1. The van der Waals surface area contributed by atoms with Crippen molar-refractivity contribution in [3.8, 4) is 11.3 Å². The van der Waals surface area contributed by atoms with Gasteiger partial charge in [-0.3, -0.25) is 9.69 Å². The van der Waals surface area contributed by atoms with Gasteiger partial charge in [-0.25, -0.2) is 4.98 Å². The molecule has 0 unspecified atom stereocenters. The molecule has 0 saturated carbocycles. The number of likely N-dealkylation sites (tertiary alicyclic amines) is 1. The molecule has 1 fully saturated rings. The monoisotopic (exact) mass is 344 g/mol. The van der Waals surface area contributed by atoms with E-state index >= 15 is 0 Å².